The first-order valence-electron chi connectivity index (χ1n) is 13.9. The molecule has 0 radical (unpaired) electrons. The fraction of sp³-hybridized carbons (Fsp3) is 0.548. The van der Waals surface area contributed by atoms with Gasteiger partial charge in [0.25, 0.3) is 0 Å². The standard InChI is InChI=1S/C31H35NO6/c1-29-10-9-21(34)12-19(29)7-8-23-24-13-20-15-32(16-22-11-18-5-3-4-6-26(18)37-22)38-31(20,27(36)17-33)30(24,2)14-25(35)28(23)29/h3-6,9-12,20,23-25,28,33,35H,7-8,13-17H2,1-2H3/t20-,23-,24-,25-,28+,29-,30-,31-/m0/s1. The highest BCUT2D eigenvalue weighted by Crippen LogP contribution is 2.70. The van der Waals surface area contributed by atoms with Crippen molar-refractivity contribution in [1.29, 1.82) is 0 Å². The Morgan fingerprint density at radius 1 is 1.24 bits per heavy atom. The highest BCUT2D eigenvalue weighted by atomic mass is 16.7. The van der Waals surface area contributed by atoms with E-state index in [1.165, 1.54) is 0 Å². The Bertz CT molecular complexity index is 1360. The number of hydroxylamine groups is 2. The maximum atomic E-state index is 13.6. The molecule has 7 rings (SSSR count). The highest BCUT2D eigenvalue weighted by molar-refractivity contribution is 6.01. The van der Waals surface area contributed by atoms with Gasteiger partial charge in [-0.1, -0.05) is 43.7 Å². The molecule has 1 aliphatic heterocycles. The Morgan fingerprint density at radius 3 is 2.84 bits per heavy atom. The van der Waals surface area contributed by atoms with Gasteiger partial charge < -0.3 is 14.6 Å². The average molecular weight is 518 g/mol. The second-order valence-corrected chi connectivity index (χ2v) is 12.6. The third kappa shape index (κ3) is 3.10. The minimum absolute atomic E-state index is 0.0170. The Kier molecular flexibility index (Phi) is 5.29. The molecule has 38 heavy (non-hydrogen) atoms. The largest absolute Gasteiger partial charge is 0.460 e. The first-order chi connectivity index (χ1) is 18.2. The molecule has 0 spiro atoms. The molecule has 2 heterocycles. The van der Waals surface area contributed by atoms with Crippen LogP contribution in [0.2, 0.25) is 0 Å². The summed E-state index contributed by atoms with van der Waals surface area (Å²) in [5.74, 6) is 0.765. The van der Waals surface area contributed by atoms with Crippen LogP contribution in [0.3, 0.4) is 0 Å². The second-order valence-electron chi connectivity index (χ2n) is 12.6. The zero-order chi connectivity index (χ0) is 26.4. The number of rotatable bonds is 4. The van der Waals surface area contributed by atoms with E-state index in [4.69, 9.17) is 9.25 Å². The van der Waals surface area contributed by atoms with Crippen LogP contribution in [-0.4, -0.2) is 51.7 Å². The van der Waals surface area contributed by atoms with E-state index in [1.54, 1.807) is 12.2 Å². The second kappa shape index (κ2) is 8.21. The smallest absolute Gasteiger partial charge is 0.192 e. The maximum absolute atomic E-state index is 13.6. The Labute approximate surface area is 222 Å². The summed E-state index contributed by atoms with van der Waals surface area (Å²) in [6.45, 7) is 4.64. The molecule has 0 bridgehead atoms. The summed E-state index contributed by atoms with van der Waals surface area (Å²) in [6, 6.07) is 9.86. The van der Waals surface area contributed by atoms with Crippen molar-refractivity contribution in [1.82, 2.24) is 5.06 Å². The van der Waals surface area contributed by atoms with Crippen LogP contribution < -0.4 is 0 Å². The number of Topliss-reactive ketones (excluding diaryl/α,β-unsaturated/α-hetero) is 1. The van der Waals surface area contributed by atoms with Crippen molar-refractivity contribution < 1.29 is 29.1 Å². The number of carbonyl (C=O) groups excluding carboxylic acids is 2. The summed E-state index contributed by atoms with van der Waals surface area (Å²) >= 11 is 0. The molecule has 1 aromatic carbocycles. The van der Waals surface area contributed by atoms with E-state index in [0.29, 0.717) is 19.5 Å². The van der Waals surface area contributed by atoms with Crippen LogP contribution in [0, 0.1) is 34.5 Å². The summed E-state index contributed by atoms with van der Waals surface area (Å²) < 4.78 is 6.03. The molecule has 1 aromatic heterocycles. The molecule has 4 fully saturated rings. The van der Waals surface area contributed by atoms with Crippen LogP contribution in [0.5, 0.6) is 0 Å². The van der Waals surface area contributed by atoms with E-state index in [1.807, 2.05) is 41.5 Å². The Hall–Kier alpha value is -2.58. The SMILES string of the molecule is C[C@]12C=CC(=O)C=C1CC[C@@H]1[C@@H]2[C@@H](O)C[C@@]2(C)[C@H]1C[C@H]1CN(Cc3cc4ccccc4o3)O[C@]12C(=O)CO. The number of aliphatic hydroxyl groups excluding tert-OH is 2. The minimum Gasteiger partial charge on any atom is -0.460 e. The molecule has 5 aliphatic rings. The third-order valence-electron chi connectivity index (χ3n) is 10.9. The topological polar surface area (TPSA) is 100 Å². The number of carbonyl (C=O) groups is 2. The number of fused-ring (bicyclic) bond motifs is 8. The number of hydrogen-bond donors (Lipinski definition) is 2. The lowest BCUT2D eigenvalue weighted by molar-refractivity contribution is -0.255. The lowest BCUT2D eigenvalue weighted by Gasteiger charge is -2.59. The molecular formula is C31H35NO6. The zero-order valence-electron chi connectivity index (χ0n) is 21.9. The molecule has 2 N–H and O–H groups in total. The number of hydrogen-bond acceptors (Lipinski definition) is 7. The molecule has 8 atom stereocenters. The summed E-state index contributed by atoms with van der Waals surface area (Å²) in [6.07, 6.45) is 7.68. The highest BCUT2D eigenvalue weighted by Gasteiger charge is 2.75. The van der Waals surface area contributed by atoms with E-state index >= 15 is 0 Å². The van der Waals surface area contributed by atoms with Gasteiger partial charge in [-0.15, -0.1) is 0 Å². The number of nitrogens with zero attached hydrogens (tertiary/aromatic N) is 1. The van der Waals surface area contributed by atoms with Crippen molar-refractivity contribution in [3.05, 3.63) is 59.9 Å². The van der Waals surface area contributed by atoms with E-state index < -0.39 is 23.7 Å². The third-order valence-corrected chi connectivity index (χ3v) is 10.9. The minimum atomic E-state index is -1.18. The van der Waals surface area contributed by atoms with Crippen LogP contribution >= 0.6 is 0 Å². The van der Waals surface area contributed by atoms with Gasteiger partial charge in [-0.2, -0.15) is 5.06 Å². The van der Waals surface area contributed by atoms with E-state index in [2.05, 4.69) is 13.8 Å². The Balaban J connectivity index is 1.22. The first-order valence-corrected chi connectivity index (χ1v) is 13.9. The van der Waals surface area contributed by atoms with Gasteiger partial charge in [0, 0.05) is 34.6 Å². The molecule has 7 nitrogen and oxygen atoms in total. The monoisotopic (exact) mass is 517 g/mol. The summed E-state index contributed by atoms with van der Waals surface area (Å²) in [5.41, 5.74) is -0.236. The molecule has 7 heteroatoms. The van der Waals surface area contributed by atoms with Gasteiger partial charge in [0.15, 0.2) is 17.2 Å². The van der Waals surface area contributed by atoms with Crippen molar-refractivity contribution in [2.75, 3.05) is 13.2 Å². The zero-order valence-corrected chi connectivity index (χ0v) is 21.9. The van der Waals surface area contributed by atoms with Gasteiger partial charge >= 0.3 is 0 Å². The lowest BCUT2D eigenvalue weighted by Crippen LogP contribution is -2.63. The summed E-state index contributed by atoms with van der Waals surface area (Å²) in [7, 11) is 0. The number of aliphatic hydroxyl groups is 2. The average Bonchev–Trinajstić information content (AvgIpc) is 3.53. The van der Waals surface area contributed by atoms with Crippen molar-refractivity contribution >= 4 is 22.5 Å². The number of benzene rings is 1. The van der Waals surface area contributed by atoms with E-state index in [0.717, 1.165) is 41.6 Å². The summed E-state index contributed by atoms with van der Waals surface area (Å²) in [5, 5.41) is 24.8. The molecule has 200 valence electrons. The predicted molar refractivity (Wildman–Crippen MR) is 139 cm³/mol. The molecule has 0 amide bonds. The van der Waals surface area contributed by atoms with Crippen molar-refractivity contribution in [2.24, 2.45) is 34.5 Å². The van der Waals surface area contributed by atoms with Gasteiger partial charge in [-0.3, -0.25) is 14.4 Å². The van der Waals surface area contributed by atoms with Crippen LogP contribution in [0.25, 0.3) is 11.0 Å². The lowest BCUT2D eigenvalue weighted by atomic mass is 9.46. The molecule has 2 aromatic rings. The number of furan rings is 1. The number of para-hydroxylation sites is 1. The van der Waals surface area contributed by atoms with Crippen molar-refractivity contribution in [3.63, 3.8) is 0 Å². The fourth-order valence-corrected chi connectivity index (χ4v) is 9.44. The van der Waals surface area contributed by atoms with Crippen LogP contribution in [0.4, 0.5) is 0 Å². The normalized spacial score (nSPS) is 41.9. The molecule has 3 saturated carbocycles. The van der Waals surface area contributed by atoms with Crippen LogP contribution in [0.1, 0.15) is 45.3 Å². The maximum Gasteiger partial charge on any atom is 0.192 e. The quantitative estimate of drug-likeness (QED) is 0.633. The van der Waals surface area contributed by atoms with E-state index in [9.17, 15) is 19.8 Å². The fourth-order valence-electron chi connectivity index (χ4n) is 9.44. The van der Waals surface area contributed by atoms with Gasteiger partial charge in [0.1, 0.15) is 18.0 Å². The number of ketones is 2. The molecular weight excluding hydrogens is 482 g/mol. The predicted octanol–water partition coefficient (Wildman–Crippen LogP) is 3.99. The van der Waals surface area contributed by atoms with Crippen LogP contribution in [0.15, 0.2) is 58.6 Å². The van der Waals surface area contributed by atoms with Gasteiger partial charge in [0.2, 0.25) is 0 Å². The molecule has 1 saturated heterocycles. The molecule has 0 unspecified atom stereocenters. The van der Waals surface area contributed by atoms with Gasteiger partial charge in [-0.25, -0.2) is 0 Å². The molecule has 4 aliphatic carbocycles. The first kappa shape index (κ1) is 24.5. The van der Waals surface area contributed by atoms with E-state index in [-0.39, 0.29) is 40.7 Å². The number of allylic oxidation sites excluding steroid dienone is 4. The Morgan fingerprint density at radius 2 is 2.05 bits per heavy atom. The van der Waals surface area contributed by atoms with Gasteiger partial charge in [-0.05, 0) is 61.8 Å². The van der Waals surface area contributed by atoms with Crippen molar-refractivity contribution in [3.8, 4) is 0 Å². The van der Waals surface area contributed by atoms with Crippen LogP contribution in [-0.2, 0) is 21.0 Å². The van der Waals surface area contributed by atoms with Gasteiger partial charge in [0.05, 0.1) is 12.6 Å². The van der Waals surface area contributed by atoms with Crippen molar-refractivity contribution in [2.45, 2.75) is 57.8 Å². The summed E-state index contributed by atoms with van der Waals surface area (Å²) in [4.78, 5) is 32.4.